The Kier molecular flexibility index (Phi) is 3.00. The zero-order valence-electron chi connectivity index (χ0n) is 10.4. The fourth-order valence-electron chi connectivity index (χ4n) is 2.60. The van der Waals surface area contributed by atoms with Crippen molar-refractivity contribution in [2.75, 3.05) is 17.6 Å². The topological polar surface area (TPSA) is 63.8 Å². The Labute approximate surface area is 107 Å². The number of benzene rings is 1. The van der Waals surface area contributed by atoms with Crippen LogP contribution in [0, 0.1) is 5.92 Å². The zero-order valence-corrected chi connectivity index (χ0v) is 10.4. The molecule has 0 spiro atoms. The second-order valence-electron chi connectivity index (χ2n) is 4.98. The van der Waals surface area contributed by atoms with Crippen molar-refractivity contribution in [3.8, 4) is 0 Å². The van der Waals surface area contributed by atoms with Crippen LogP contribution in [0.3, 0.4) is 0 Å². The number of anilines is 2. The first-order valence-corrected chi connectivity index (χ1v) is 6.59. The summed E-state index contributed by atoms with van der Waals surface area (Å²) in [4.78, 5) is 8.91. The SMILES string of the molecule is Nc1nc2ccccc2nc1NCC1CCCC1. The first-order chi connectivity index (χ1) is 8.83. The summed E-state index contributed by atoms with van der Waals surface area (Å²) in [6, 6.07) is 7.80. The second kappa shape index (κ2) is 4.80. The summed E-state index contributed by atoms with van der Waals surface area (Å²) in [6.07, 6.45) is 5.33. The second-order valence-corrected chi connectivity index (χ2v) is 4.98. The number of nitrogens with zero attached hydrogens (tertiary/aromatic N) is 2. The molecule has 1 aromatic heterocycles. The standard InChI is InChI=1S/C14H18N4/c15-13-14(16-9-10-5-1-2-6-10)18-12-8-4-3-7-11(12)17-13/h3-4,7-8,10H,1-2,5-6,9H2,(H2,15,17)(H,16,18). The Hall–Kier alpha value is -1.84. The number of nitrogens with two attached hydrogens (primary N) is 1. The average Bonchev–Trinajstić information content (AvgIpc) is 2.89. The van der Waals surface area contributed by atoms with Gasteiger partial charge >= 0.3 is 0 Å². The first kappa shape index (κ1) is 11.3. The van der Waals surface area contributed by atoms with Crippen LogP contribution in [-0.2, 0) is 0 Å². The molecule has 0 aliphatic heterocycles. The molecule has 0 unspecified atom stereocenters. The lowest BCUT2D eigenvalue weighted by Gasteiger charge is -2.12. The number of nitrogens with one attached hydrogen (secondary N) is 1. The maximum Gasteiger partial charge on any atom is 0.169 e. The van der Waals surface area contributed by atoms with E-state index in [1.807, 2.05) is 24.3 Å². The van der Waals surface area contributed by atoms with Gasteiger partial charge in [0.05, 0.1) is 11.0 Å². The third-order valence-electron chi connectivity index (χ3n) is 3.63. The molecule has 3 rings (SSSR count). The molecule has 1 aliphatic rings. The lowest BCUT2D eigenvalue weighted by molar-refractivity contribution is 0.579. The van der Waals surface area contributed by atoms with E-state index in [1.54, 1.807) is 0 Å². The molecule has 4 heteroatoms. The van der Waals surface area contributed by atoms with E-state index in [2.05, 4.69) is 15.3 Å². The summed E-state index contributed by atoms with van der Waals surface area (Å²) < 4.78 is 0. The minimum absolute atomic E-state index is 0.492. The maximum atomic E-state index is 5.94. The lowest BCUT2D eigenvalue weighted by atomic mass is 10.1. The molecular formula is C14H18N4. The van der Waals surface area contributed by atoms with Gasteiger partial charge in [-0.1, -0.05) is 25.0 Å². The van der Waals surface area contributed by atoms with Gasteiger partial charge in [-0.25, -0.2) is 9.97 Å². The molecule has 0 saturated heterocycles. The first-order valence-electron chi connectivity index (χ1n) is 6.59. The summed E-state index contributed by atoms with van der Waals surface area (Å²) in [5.74, 6) is 1.98. The van der Waals surface area contributed by atoms with Gasteiger partial charge in [-0.15, -0.1) is 0 Å². The Morgan fingerprint density at radius 3 is 2.50 bits per heavy atom. The Morgan fingerprint density at radius 1 is 1.11 bits per heavy atom. The Morgan fingerprint density at radius 2 is 1.78 bits per heavy atom. The predicted octanol–water partition coefficient (Wildman–Crippen LogP) is 2.81. The summed E-state index contributed by atoms with van der Waals surface area (Å²) in [7, 11) is 0. The van der Waals surface area contributed by atoms with Crippen LogP contribution in [0.4, 0.5) is 11.6 Å². The van der Waals surface area contributed by atoms with Gasteiger partial charge < -0.3 is 11.1 Å². The van der Waals surface area contributed by atoms with Crippen molar-refractivity contribution in [1.82, 2.24) is 9.97 Å². The molecule has 0 atom stereocenters. The van der Waals surface area contributed by atoms with Gasteiger partial charge in [0.2, 0.25) is 0 Å². The van der Waals surface area contributed by atoms with E-state index < -0.39 is 0 Å². The van der Waals surface area contributed by atoms with E-state index in [-0.39, 0.29) is 0 Å². The van der Waals surface area contributed by atoms with Crippen LogP contribution in [0.5, 0.6) is 0 Å². The van der Waals surface area contributed by atoms with Gasteiger partial charge in [-0.2, -0.15) is 0 Å². The Balaban J connectivity index is 1.80. The third kappa shape index (κ3) is 2.23. The highest BCUT2D eigenvalue weighted by Gasteiger charge is 2.15. The number of hydrogen-bond donors (Lipinski definition) is 2. The molecule has 1 saturated carbocycles. The van der Waals surface area contributed by atoms with Crippen molar-refractivity contribution in [2.24, 2.45) is 5.92 Å². The average molecular weight is 242 g/mol. The molecule has 0 amide bonds. The van der Waals surface area contributed by atoms with E-state index >= 15 is 0 Å². The van der Waals surface area contributed by atoms with Gasteiger partial charge in [0, 0.05) is 6.54 Å². The molecule has 2 aromatic rings. The third-order valence-corrected chi connectivity index (χ3v) is 3.63. The van der Waals surface area contributed by atoms with E-state index in [1.165, 1.54) is 25.7 Å². The van der Waals surface area contributed by atoms with Crippen molar-refractivity contribution in [1.29, 1.82) is 0 Å². The van der Waals surface area contributed by atoms with Crippen LogP contribution in [0.1, 0.15) is 25.7 Å². The highest BCUT2D eigenvalue weighted by atomic mass is 15.1. The smallest absolute Gasteiger partial charge is 0.169 e. The molecule has 4 nitrogen and oxygen atoms in total. The van der Waals surface area contributed by atoms with E-state index in [0.29, 0.717) is 5.82 Å². The molecule has 1 aliphatic carbocycles. The summed E-state index contributed by atoms with van der Waals surface area (Å²) >= 11 is 0. The van der Waals surface area contributed by atoms with Crippen LogP contribution >= 0.6 is 0 Å². The van der Waals surface area contributed by atoms with Gasteiger partial charge in [-0.05, 0) is 30.9 Å². The normalized spacial score (nSPS) is 16.2. The highest BCUT2D eigenvalue weighted by molar-refractivity contribution is 5.79. The summed E-state index contributed by atoms with van der Waals surface area (Å²) in [5.41, 5.74) is 7.67. The zero-order chi connectivity index (χ0) is 12.4. The number of aromatic nitrogens is 2. The number of fused-ring (bicyclic) bond motifs is 1. The number of rotatable bonds is 3. The number of hydrogen-bond acceptors (Lipinski definition) is 4. The molecule has 1 fully saturated rings. The number of para-hydroxylation sites is 2. The Bertz CT molecular complexity index is 546. The van der Waals surface area contributed by atoms with Crippen molar-refractivity contribution in [3.05, 3.63) is 24.3 Å². The van der Waals surface area contributed by atoms with Gasteiger partial charge in [-0.3, -0.25) is 0 Å². The minimum Gasteiger partial charge on any atom is -0.381 e. The lowest BCUT2D eigenvalue weighted by Crippen LogP contribution is -2.14. The molecule has 0 bridgehead atoms. The molecule has 1 heterocycles. The van der Waals surface area contributed by atoms with Crippen molar-refractivity contribution in [2.45, 2.75) is 25.7 Å². The van der Waals surface area contributed by atoms with Gasteiger partial charge in [0.1, 0.15) is 0 Å². The van der Waals surface area contributed by atoms with Gasteiger partial charge in [0.15, 0.2) is 11.6 Å². The van der Waals surface area contributed by atoms with E-state index in [9.17, 15) is 0 Å². The molecule has 0 radical (unpaired) electrons. The van der Waals surface area contributed by atoms with Crippen molar-refractivity contribution in [3.63, 3.8) is 0 Å². The summed E-state index contributed by atoms with van der Waals surface area (Å²) in [6.45, 7) is 0.956. The van der Waals surface area contributed by atoms with Gasteiger partial charge in [0.25, 0.3) is 0 Å². The number of nitrogen functional groups attached to an aromatic ring is 1. The maximum absolute atomic E-state index is 5.94. The van der Waals surface area contributed by atoms with E-state index in [4.69, 9.17) is 5.73 Å². The van der Waals surface area contributed by atoms with Crippen molar-refractivity contribution < 1.29 is 0 Å². The highest BCUT2D eigenvalue weighted by Crippen LogP contribution is 2.26. The predicted molar refractivity (Wildman–Crippen MR) is 74.4 cm³/mol. The summed E-state index contributed by atoms with van der Waals surface area (Å²) in [5, 5.41) is 3.35. The monoisotopic (exact) mass is 242 g/mol. The fraction of sp³-hybridized carbons (Fsp3) is 0.429. The minimum atomic E-state index is 0.492. The molecule has 1 aromatic carbocycles. The van der Waals surface area contributed by atoms with Crippen molar-refractivity contribution >= 4 is 22.7 Å². The van der Waals surface area contributed by atoms with Crippen LogP contribution in [0.2, 0.25) is 0 Å². The van der Waals surface area contributed by atoms with E-state index in [0.717, 1.165) is 29.3 Å². The van der Waals surface area contributed by atoms with Crippen LogP contribution in [-0.4, -0.2) is 16.5 Å². The largest absolute Gasteiger partial charge is 0.381 e. The quantitative estimate of drug-likeness (QED) is 0.868. The molecule has 18 heavy (non-hydrogen) atoms. The van der Waals surface area contributed by atoms with Crippen LogP contribution in [0.25, 0.3) is 11.0 Å². The van der Waals surface area contributed by atoms with Crippen LogP contribution in [0.15, 0.2) is 24.3 Å². The van der Waals surface area contributed by atoms with Crippen LogP contribution < -0.4 is 11.1 Å². The molecule has 3 N–H and O–H groups in total. The molecular weight excluding hydrogens is 224 g/mol. The fourth-order valence-corrected chi connectivity index (χ4v) is 2.60. The molecule has 94 valence electrons.